The van der Waals surface area contributed by atoms with Crippen molar-refractivity contribution in [2.24, 2.45) is 0 Å². The minimum Gasteiger partial charge on any atom is -0.309 e. The molecule has 0 radical (unpaired) electrons. The van der Waals surface area contributed by atoms with E-state index >= 15 is 0 Å². The molecule has 0 saturated heterocycles. The molecule has 7 nitrogen and oxygen atoms in total. The predicted molar refractivity (Wildman–Crippen MR) is 526 cm³/mol. The van der Waals surface area contributed by atoms with Crippen molar-refractivity contribution in [3.63, 3.8) is 0 Å². The zero-order chi connectivity index (χ0) is 83.5. The van der Waals surface area contributed by atoms with Gasteiger partial charge in [0, 0.05) is 104 Å². The number of fused-ring (bicyclic) bond motifs is 25. The van der Waals surface area contributed by atoms with Gasteiger partial charge in [0.2, 0.25) is 5.95 Å². The summed E-state index contributed by atoms with van der Waals surface area (Å²) < 4.78 is 12.1. The average molecular weight is 1610 g/mol. The molecule has 0 spiro atoms. The topological polar surface area (TPSA) is 50.4 Å². The summed E-state index contributed by atoms with van der Waals surface area (Å²) in [6, 6.07) is 143. The highest BCUT2D eigenvalue weighted by Gasteiger charge is 2.39. The van der Waals surface area contributed by atoms with E-state index in [1.54, 1.807) is 0 Å². The van der Waals surface area contributed by atoms with Gasteiger partial charge in [-0.2, -0.15) is 0 Å². The Hall–Kier alpha value is -15.7. The predicted octanol–water partition coefficient (Wildman–Crippen LogP) is 30.7. The Kier molecular flexibility index (Phi) is 14.5. The molecule has 0 unspecified atom stereocenters. The van der Waals surface area contributed by atoms with E-state index in [0.717, 1.165) is 94.1 Å². The molecule has 0 atom stereocenters. The van der Waals surface area contributed by atoms with E-state index in [0.29, 0.717) is 5.95 Å². The normalized spacial score (nSPS) is 14.0. The van der Waals surface area contributed by atoms with Crippen molar-refractivity contribution >= 4 is 120 Å². The molecule has 24 aromatic rings. The van der Waals surface area contributed by atoms with Crippen molar-refractivity contribution < 1.29 is 0 Å². The average Bonchev–Trinajstić information content (AvgIpc) is 1.58. The van der Waals surface area contributed by atoms with Gasteiger partial charge >= 0.3 is 0 Å². The lowest BCUT2D eigenvalue weighted by Crippen LogP contribution is -2.15. The Bertz CT molecular complexity index is 8670. The van der Waals surface area contributed by atoms with Crippen LogP contribution < -0.4 is 0 Å². The smallest absolute Gasteiger partial charge is 0.235 e. The number of aromatic nitrogens is 7. The summed E-state index contributed by atoms with van der Waals surface area (Å²) in [7, 11) is 0. The van der Waals surface area contributed by atoms with E-state index in [1.807, 2.05) is 0 Å². The number of hydrogen-bond donors (Lipinski definition) is 0. The molecule has 126 heavy (non-hydrogen) atoms. The quantitative estimate of drug-likeness (QED) is 0.145. The second-order valence-electron chi connectivity index (χ2n) is 36.8. The highest BCUT2D eigenvalue weighted by molar-refractivity contribution is 6.17. The number of para-hydroxylation sites is 5. The van der Waals surface area contributed by atoms with Crippen LogP contribution in [0, 0.1) is 0 Å². The summed E-state index contributed by atoms with van der Waals surface area (Å²) >= 11 is 0. The highest BCUT2D eigenvalue weighted by atomic mass is 15.2. The van der Waals surface area contributed by atoms with E-state index in [-0.39, 0.29) is 16.2 Å². The summed E-state index contributed by atoms with van der Waals surface area (Å²) in [4.78, 5) is 11.2. The van der Waals surface area contributed by atoms with Crippen molar-refractivity contribution in [1.29, 1.82) is 0 Å². The van der Waals surface area contributed by atoms with Gasteiger partial charge in [-0.3, -0.25) is 4.57 Å². The molecular weight excluding hydrogens is 1530 g/mol. The minimum absolute atomic E-state index is 0.114. The van der Waals surface area contributed by atoms with Gasteiger partial charge < -0.3 is 18.3 Å². The lowest BCUT2D eigenvalue weighted by molar-refractivity contribution is 0.660. The van der Waals surface area contributed by atoms with Crippen molar-refractivity contribution in [3.05, 3.63) is 416 Å². The maximum absolute atomic E-state index is 5.69. The number of hydrogen-bond acceptors (Lipinski definition) is 2. The van der Waals surface area contributed by atoms with Gasteiger partial charge in [0.1, 0.15) is 0 Å². The first-order valence-corrected chi connectivity index (χ1v) is 44.1. The number of benzene rings is 18. The Morgan fingerprint density at radius 3 is 0.770 bits per heavy atom. The standard InChI is InChI=1S/C119H81N7/c1-117(2)98-31-15-7-23-81(98)84-52-49-78(67-101(84)117)123-105-35-19-11-26-87(105)92-61-71(41-55-109(92)123)74-46-60-114-95(64-74)90-29-14-22-38-108(90)126(114)116-120-104-34-18-10-30-91(104)115(121-116)70-39-47-77(48-40-70)122-112-58-44-75(72-42-56-110-93(62-72)88-27-12-20-36-106(88)124(110)79-50-53-85-82-24-8-16-32-99(82)118(3,4)102(85)68-79)65-96(112)97-66-76(45-59-113(97)122)73-43-57-111-94(63-73)89-28-13-21-37-107(89)125(111)80-51-54-86-83-25-9-17-33-100(83)119(5,6)103(86)69-80/h7-69H,1-6H3. The van der Waals surface area contributed by atoms with Gasteiger partial charge in [0.05, 0.1) is 66.4 Å². The largest absolute Gasteiger partial charge is 0.309 e. The Morgan fingerprint density at radius 1 is 0.175 bits per heavy atom. The second kappa shape index (κ2) is 25.7. The Labute approximate surface area is 727 Å². The maximum atomic E-state index is 5.69. The number of rotatable bonds is 9. The van der Waals surface area contributed by atoms with Crippen molar-refractivity contribution in [1.82, 2.24) is 32.8 Å². The molecule has 592 valence electrons. The van der Waals surface area contributed by atoms with Crippen molar-refractivity contribution in [2.75, 3.05) is 0 Å². The first-order valence-electron chi connectivity index (χ1n) is 44.1. The third kappa shape index (κ3) is 9.88. The van der Waals surface area contributed by atoms with Gasteiger partial charge in [-0.05, 0) is 252 Å². The summed E-state index contributed by atoms with van der Waals surface area (Å²) in [5.41, 5.74) is 41.5. The minimum atomic E-state index is -0.128. The van der Waals surface area contributed by atoms with Crippen LogP contribution in [0.25, 0.3) is 227 Å². The van der Waals surface area contributed by atoms with Gasteiger partial charge in [0.15, 0.2) is 0 Å². The lowest BCUT2D eigenvalue weighted by atomic mass is 9.82. The van der Waals surface area contributed by atoms with Gasteiger partial charge in [-0.15, -0.1) is 0 Å². The third-order valence-electron chi connectivity index (χ3n) is 29.1. The van der Waals surface area contributed by atoms with Crippen LogP contribution in [0.1, 0.15) is 74.9 Å². The molecule has 0 N–H and O–H groups in total. The molecule has 0 aliphatic heterocycles. The Balaban J connectivity index is 0.576. The molecule has 18 aromatic carbocycles. The summed E-state index contributed by atoms with van der Waals surface area (Å²) in [5.74, 6) is 0.619. The van der Waals surface area contributed by atoms with Crippen molar-refractivity contribution in [3.8, 4) is 107 Å². The zero-order valence-electron chi connectivity index (χ0n) is 70.5. The molecule has 3 aliphatic rings. The molecule has 27 rings (SSSR count). The zero-order valence-corrected chi connectivity index (χ0v) is 70.5. The van der Waals surface area contributed by atoms with E-state index in [2.05, 4.69) is 447 Å². The molecule has 0 fully saturated rings. The van der Waals surface area contributed by atoms with E-state index in [9.17, 15) is 0 Å². The molecule has 0 bridgehead atoms. The van der Waals surface area contributed by atoms with Crippen LogP contribution in [-0.4, -0.2) is 32.8 Å². The molecular formula is C119H81N7. The first kappa shape index (κ1) is 70.9. The molecule has 6 aromatic heterocycles. The molecule has 0 amide bonds. The van der Waals surface area contributed by atoms with Crippen LogP contribution in [-0.2, 0) is 16.2 Å². The monoisotopic (exact) mass is 1610 g/mol. The van der Waals surface area contributed by atoms with Crippen LogP contribution in [0.5, 0.6) is 0 Å². The fourth-order valence-electron chi connectivity index (χ4n) is 23.0. The molecule has 3 aliphatic carbocycles. The van der Waals surface area contributed by atoms with Crippen LogP contribution in [0.4, 0.5) is 0 Å². The fourth-order valence-corrected chi connectivity index (χ4v) is 23.0. The first-order chi connectivity index (χ1) is 61.7. The third-order valence-corrected chi connectivity index (χ3v) is 29.1. The van der Waals surface area contributed by atoms with Crippen LogP contribution in [0.15, 0.2) is 382 Å². The van der Waals surface area contributed by atoms with Gasteiger partial charge in [-0.1, -0.05) is 272 Å². The summed E-state index contributed by atoms with van der Waals surface area (Å²) in [6.07, 6.45) is 0. The van der Waals surface area contributed by atoms with Crippen molar-refractivity contribution in [2.45, 2.75) is 57.8 Å². The SMILES string of the molecule is CC1(C)c2ccccc2-c2ccc(-n3c4ccccc4c4cc(-c5ccc6c(c5)c5cc(-c7ccc8c(c7)c7ccccc7n8-c7ccc8c(c7)C(C)(C)c7ccccc7-8)ccc5n6-c5ccc(-c6nc(-n7c8ccccc8c8cc(-c9ccc%10c(c9)c9ccccc9n%10-c9ccc%10c(c9)C(C)(C)c9ccccc9-%10)ccc87)nc7ccccc67)cc5)ccc43)cc21. The maximum Gasteiger partial charge on any atom is 0.235 e. The molecule has 0 saturated carbocycles. The molecule has 7 heteroatoms. The van der Waals surface area contributed by atoms with Gasteiger partial charge in [0.25, 0.3) is 0 Å². The van der Waals surface area contributed by atoms with E-state index in [4.69, 9.17) is 9.97 Å². The van der Waals surface area contributed by atoms with E-state index in [1.165, 1.54) is 160 Å². The lowest BCUT2D eigenvalue weighted by Gasteiger charge is -2.22. The fraction of sp³-hybridized carbons (Fsp3) is 0.0756. The van der Waals surface area contributed by atoms with Crippen LogP contribution in [0.2, 0.25) is 0 Å². The summed E-state index contributed by atoms with van der Waals surface area (Å²) in [6.45, 7) is 14.2. The number of nitrogens with zero attached hydrogens (tertiary/aromatic N) is 7. The van der Waals surface area contributed by atoms with E-state index < -0.39 is 0 Å². The second-order valence-corrected chi connectivity index (χ2v) is 36.8. The summed E-state index contributed by atoms with van der Waals surface area (Å²) in [5, 5.41) is 13.0. The van der Waals surface area contributed by atoms with Crippen LogP contribution in [0.3, 0.4) is 0 Å². The highest BCUT2D eigenvalue weighted by Crippen LogP contribution is 2.55. The Morgan fingerprint density at radius 2 is 0.421 bits per heavy atom. The van der Waals surface area contributed by atoms with Gasteiger partial charge in [-0.25, -0.2) is 9.97 Å². The molecule has 6 heterocycles. The van der Waals surface area contributed by atoms with Crippen LogP contribution >= 0.6 is 0 Å².